The zero-order chi connectivity index (χ0) is 12.5. The Morgan fingerprint density at radius 2 is 2.33 bits per heavy atom. The quantitative estimate of drug-likeness (QED) is 0.737. The van der Waals surface area contributed by atoms with Crippen molar-refractivity contribution in [3.63, 3.8) is 0 Å². The number of amides is 1. The molecule has 94 valence electrons. The zero-order valence-corrected chi connectivity index (χ0v) is 10.0. The molecule has 3 N–H and O–H groups in total. The predicted molar refractivity (Wildman–Crippen MR) is 62.9 cm³/mol. The molecule has 0 spiro atoms. The molecule has 1 aliphatic carbocycles. The zero-order valence-electron chi connectivity index (χ0n) is 10.0. The number of carbonyl (C=O) groups is 1. The van der Waals surface area contributed by atoms with Crippen LogP contribution >= 0.6 is 0 Å². The number of nitrogens with zero attached hydrogens (tertiary/aromatic N) is 3. The van der Waals surface area contributed by atoms with Gasteiger partial charge in [-0.3, -0.25) is 15.0 Å². The second-order valence-corrected chi connectivity index (χ2v) is 4.52. The van der Waals surface area contributed by atoms with E-state index in [1.165, 1.54) is 0 Å². The first kappa shape index (κ1) is 10.9. The van der Waals surface area contributed by atoms with Crippen molar-refractivity contribution in [1.29, 1.82) is 0 Å². The van der Waals surface area contributed by atoms with Crippen LogP contribution in [0.15, 0.2) is 6.20 Å². The molecule has 2 aromatic heterocycles. The lowest BCUT2D eigenvalue weighted by molar-refractivity contribution is 0.0941. The van der Waals surface area contributed by atoms with Gasteiger partial charge in [-0.2, -0.15) is 5.10 Å². The molecular formula is C11H14N6O. The number of aromatic amines is 2. The summed E-state index contributed by atoms with van der Waals surface area (Å²) < 4.78 is 0. The summed E-state index contributed by atoms with van der Waals surface area (Å²) in [5.41, 5.74) is 1.91. The number of rotatable bonds is 4. The molecule has 1 aliphatic rings. The van der Waals surface area contributed by atoms with Crippen LogP contribution < -0.4 is 5.32 Å². The summed E-state index contributed by atoms with van der Waals surface area (Å²) in [6.45, 7) is 2.33. The molecule has 1 fully saturated rings. The van der Waals surface area contributed by atoms with Gasteiger partial charge >= 0.3 is 0 Å². The Labute approximate surface area is 103 Å². The number of aryl methyl sites for hydroxylation is 1. The highest BCUT2D eigenvalue weighted by molar-refractivity contribution is 5.90. The average Bonchev–Trinajstić information content (AvgIpc) is 2.95. The van der Waals surface area contributed by atoms with E-state index in [2.05, 4.69) is 30.7 Å². The lowest BCUT2D eigenvalue weighted by Gasteiger charge is -2.00. The fourth-order valence-corrected chi connectivity index (χ4v) is 1.72. The van der Waals surface area contributed by atoms with E-state index in [0.29, 0.717) is 12.5 Å². The normalized spacial score (nSPS) is 14.7. The minimum atomic E-state index is -0.265. The molecule has 18 heavy (non-hydrogen) atoms. The van der Waals surface area contributed by atoms with Crippen molar-refractivity contribution in [2.75, 3.05) is 0 Å². The van der Waals surface area contributed by atoms with Gasteiger partial charge in [0.05, 0.1) is 6.20 Å². The fraction of sp³-hybridized carbons (Fsp3) is 0.455. The smallest absolute Gasteiger partial charge is 0.291 e. The molecule has 0 bridgehead atoms. The van der Waals surface area contributed by atoms with Crippen molar-refractivity contribution in [3.05, 3.63) is 29.1 Å². The van der Waals surface area contributed by atoms with Crippen molar-refractivity contribution in [1.82, 2.24) is 30.7 Å². The van der Waals surface area contributed by atoms with Crippen LogP contribution in [0.25, 0.3) is 0 Å². The third-order valence-corrected chi connectivity index (χ3v) is 3.04. The van der Waals surface area contributed by atoms with Crippen molar-refractivity contribution in [2.24, 2.45) is 0 Å². The molecule has 3 rings (SSSR count). The summed E-state index contributed by atoms with van der Waals surface area (Å²) >= 11 is 0. The second-order valence-electron chi connectivity index (χ2n) is 4.52. The number of hydrogen-bond acceptors (Lipinski definition) is 4. The summed E-state index contributed by atoms with van der Waals surface area (Å²) in [5, 5.41) is 16.2. The van der Waals surface area contributed by atoms with E-state index in [0.717, 1.165) is 29.9 Å². The van der Waals surface area contributed by atoms with Gasteiger partial charge in [-0.05, 0) is 19.8 Å². The number of H-pyrrole nitrogens is 2. The van der Waals surface area contributed by atoms with E-state index in [9.17, 15) is 4.79 Å². The number of nitrogens with one attached hydrogen (secondary N) is 3. The molecule has 0 radical (unpaired) electrons. The van der Waals surface area contributed by atoms with E-state index in [4.69, 9.17) is 0 Å². The summed E-state index contributed by atoms with van der Waals surface area (Å²) in [6, 6.07) is 0. The Hall–Kier alpha value is -2.18. The first-order valence-corrected chi connectivity index (χ1v) is 5.93. The highest BCUT2D eigenvalue weighted by atomic mass is 16.2. The van der Waals surface area contributed by atoms with E-state index in [1.807, 2.05) is 6.92 Å². The first-order valence-electron chi connectivity index (χ1n) is 5.93. The van der Waals surface area contributed by atoms with Gasteiger partial charge in [0.2, 0.25) is 5.82 Å². The van der Waals surface area contributed by atoms with Crippen LogP contribution in [0.4, 0.5) is 0 Å². The van der Waals surface area contributed by atoms with E-state index >= 15 is 0 Å². The van der Waals surface area contributed by atoms with Gasteiger partial charge in [0.1, 0.15) is 5.82 Å². The minimum absolute atomic E-state index is 0.207. The number of aromatic nitrogens is 5. The highest BCUT2D eigenvalue weighted by Gasteiger charge is 2.28. The van der Waals surface area contributed by atoms with Gasteiger partial charge in [-0.1, -0.05) is 0 Å². The molecule has 0 saturated heterocycles. The Morgan fingerprint density at radius 1 is 1.50 bits per heavy atom. The molecule has 0 atom stereocenters. The SMILES string of the molecule is Cc1[nH]ncc1CNC(=O)c1n[nH]c(C2CC2)n1. The van der Waals surface area contributed by atoms with Crippen molar-refractivity contribution >= 4 is 5.91 Å². The summed E-state index contributed by atoms with van der Waals surface area (Å²) in [5.74, 6) is 1.23. The van der Waals surface area contributed by atoms with Crippen LogP contribution in [-0.2, 0) is 6.54 Å². The van der Waals surface area contributed by atoms with Crippen molar-refractivity contribution in [2.45, 2.75) is 32.2 Å². The monoisotopic (exact) mass is 246 g/mol. The van der Waals surface area contributed by atoms with Crippen LogP contribution in [0.1, 0.15) is 46.5 Å². The van der Waals surface area contributed by atoms with E-state index in [1.54, 1.807) is 6.20 Å². The lowest BCUT2D eigenvalue weighted by atomic mass is 10.2. The van der Waals surface area contributed by atoms with Crippen molar-refractivity contribution in [3.8, 4) is 0 Å². The predicted octanol–water partition coefficient (Wildman–Crippen LogP) is 0.644. The van der Waals surface area contributed by atoms with Crippen LogP contribution in [0.3, 0.4) is 0 Å². The fourth-order valence-electron chi connectivity index (χ4n) is 1.72. The topological polar surface area (TPSA) is 99.4 Å². The van der Waals surface area contributed by atoms with E-state index in [-0.39, 0.29) is 11.7 Å². The van der Waals surface area contributed by atoms with Crippen LogP contribution in [0, 0.1) is 6.92 Å². The minimum Gasteiger partial charge on any atom is -0.345 e. The summed E-state index contributed by atoms with van der Waals surface area (Å²) in [7, 11) is 0. The molecule has 0 aliphatic heterocycles. The van der Waals surface area contributed by atoms with E-state index < -0.39 is 0 Å². The summed E-state index contributed by atoms with van der Waals surface area (Å²) in [6.07, 6.45) is 3.96. The number of hydrogen-bond donors (Lipinski definition) is 3. The van der Waals surface area contributed by atoms with Gasteiger partial charge in [-0.15, -0.1) is 5.10 Å². The molecule has 2 heterocycles. The molecular weight excluding hydrogens is 232 g/mol. The molecule has 7 heteroatoms. The lowest BCUT2D eigenvalue weighted by Crippen LogP contribution is -2.24. The molecule has 1 amide bonds. The Kier molecular flexibility index (Phi) is 2.58. The van der Waals surface area contributed by atoms with Crippen LogP contribution in [0.2, 0.25) is 0 Å². The molecule has 2 aromatic rings. The molecule has 0 unspecified atom stereocenters. The standard InChI is InChI=1S/C11H14N6O/c1-6-8(5-13-15-6)4-12-11(18)10-14-9(16-17-10)7-2-3-7/h5,7H,2-4H2,1H3,(H,12,18)(H,13,15)(H,14,16,17). The average molecular weight is 246 g/mol. The Balaban J connectivity index is 1.62. The van der Waals surface area contributed by atoms with Gasteiger partial charge in [-0.25, -0.2) is 4.98 Å². The van der Waals surface area contributed by atoms with Crippen LogP contribution in [0.5, 0.6) is 0 Å². The Morgan fingerprint density at radius 3 is 3.00 bits per heavy atom. The van der Waals surface area contributed by atoms with Gasteiger partial charge in [0, 0.05) is 23.7 Å². The highest BCUT2D eigenvalue weighted by Crippen LogP contribution is 2.37. The maximum atomic E-state index is 11.8. The number of carbonyl (C=O) groups excluding carboxylic acids is 1. The maximum absolute atomic E-state index is 11.8. The van der Waals surface area contributed by atoms with Gasteiger partial charge < -0.3 is 5.32 Å². The van der Waals surface area contributed by atoms with Gasteiger partial charge in [0.25, 0.3) is 5.91 Å². The van der Waals surface area contributed by atoms with Gasteiger partial charge in [0.15, 0.2) is 0 Å². The maximum Gasteiger partial charge on any atom is 0.291 e. The molecule has 1 saturated carbocycles. The summed E-state index contributed by atoms with van der Waals surface area (Å²) in [4.78, 5) is 16.0. The van der Waals surface area contributed by atoms with Crippen molar-refractivity contribution < 1.29 is 4.79 Å². The first-order chi connectivity index (χ1) is 8.74. The third-order valence-electron chi connectivity index (χ3n) is 3.04. The second kappa shape index (κ2) is 4.25. The van der Waals surface area contributed by atoms with Crippen LogP contribution in [-0.4, -0.2) is 31.3 Å². The third kappa shape index (κ3) is 2.11. The molecule has 7 nitrogen and oxygen atoms in total. The largest absolute Gasteiger partial charge is 0.345 e. The Bertz CT molecular complexity index is 568. The molecule has 0 aromatic carbocycles.